The average Bonchev–Trinajstić information content (AvgIpc) is 2.88. The van der Waals surface area contributed by atoms with Crippen LogP contribution in [0, 0.1) is 16.0 Å². The smallest absolute Gasteiger partial charge is 0.269 e. The monoisotopic (exact) mass is 317 g/mol. The van der Waals surface area contributed by atoms with Gasteiger partial charge in [0.1, 0.15) is 0 Å². The second-order valence-corrected chi connectivity index (χ2v) is 6.58. The molecule has 114 valence electrons. The van der Waals surface area contributed by atoms with Gasteiger partial charge < -0.3 is 0 Å². The van der Waals surface area contributed by atoms with Gasteiger partial charge in [0.15, 0.2) is 5.13 Å². The number of nitrogens with one attached hydrogen (secondary N) is 1. The standard InChI is InChI=1S/C15H15N3O3S/c1-9-2-7-12-13(8-9)22-15(16-12)17-14(19)10-3-5-11(6-4-10)18(20)21/h3-6,9H,2,7-8H2,1H3,(H,16,17,19)/t9-/m0/s1. The van der Waals surface area contributed by atoms with Gasteiger partial charge in [0.2, 0.25) is 0 Å². The van der Waals surface area contributed by atoms with Crippen molar-refractivity contribution in [2.45, 2.75) is 26.2 Å². The van der Waals surface area contributed by atoms with Crippen LogP contribution in [0.1, 0.15) is 34.3 Å². The number of amides is 1. The van der Waals surface area contributed by atoms with Crippen molar-refractivity contribution in [2.24, 2.45) is 5.92 Å². The minimum atomic E-state index is -0.488. The number of non-ortho nitro benzene ring substituents is 1. The summed E-state index contributed by atoms with van der Waals surface area (Å²) in [6, 6.07) is 5.54. The van der Waals surface area contributed by atoms with E-state index >= 15 is 0 Å². The summed E-state index contributed by atoms with van der Waals surface area (Å²) in [7, 11) is 0. The Balaban J connectivity index is 1.73. The zero-order chi connectivity index (χ0) is 15.7. The molecule has 1 atom stereocenters. The van der Waals surface area contributed by atoms with E-state index in [4.69, 9.17) is 0 Å². The third kappa shape index (κ3) is 2.99. The number of benzene rings is 1. The summed E-state index contributed by atoms with van der Waals surface area (Å²) in [6.07, 6.45) is 3.10. The molecule has 1 heterocycles. The van der Waals surface area contributed by atoms with Crippen molar-refractivity contribution in [2.75, 3.05) is 5.32 Å². The van der Waals surface area contributed by atoms with Gasteiger partial charge in [-0.2, -0.15) is 0 Å². The van der Waals surface area contributed by atoms with Crippen LogP contribution in [0.2, 0.25) is 0 Å². The van der Waals surface area contributed by atoms with Crippen molar-refractivity contribution in [3.05, 3.63) is 50.5 Å². The molecule has 7 heteroatoms. The van der Waals surface area contributed by atoms with Crippen molar-refractivity contribution >= 4 is 28.1 Å². The van der Waals surface area contributed by atoms with E-state index in [2.05, 4.69) is 17.2 Å². The predicted molar refractivity (Wildman–Crippen MR) is 84.4 cm³/mol. The number of thiazole rings is 1. The molecule has 0 fully saturated rings. The summed E-state index contributed by atoms with van der Waals surface area (Å²) in [4.78, 5) is 28.0. The van der Waals surface area contributed by atoms with E-state index in [1.165, 1.54) is 40.5 Å². The zero-order valence-corrected chi connectivity index (χ0v) is 12.9. The Kier molecular flexibility index (Phi) is 3.89. The Hall–Kier alpha value is -2.28. The van der Waals surface area contributed by atoms with Gasteiger partial charge in [0.25, 0.3) is 11.6 Å². The highest BCUT2D eigenvalue weighted by Gasteiger charge is 2.20. The Labute approximate surface area is 131 Å². The number of carbonyl (C=O) groups excluding carboxylic acids is 1. The molecule has 22 heavy (non-hydrogen) atoms. The molecule has 0 saturated carbocycles. The maximum Gasteiger partial charge on any atom is 0.269 e. The Morgan fingerprint density at radius 3 is 2.82 bits per heavy atom. The van der Waals surface area contributed by atoms with Crippen LogP contribution in [-0.2, 0) is 12.8 Å². The molecule has 0 aliphatic heterocycles. The van der Waals surface area contributed by atoms with Crippen molar-refractivity contribution < 1.29 is 9.72 Å². The molecule has 1 N–H and O–H groups in total. The maximum atomic E-state index is 12.2. The van der Waals surface area contributed by atoms with Gasteiger partial charge in [-0.25, -0.2) is 4.98 Å². The lowest BCUT2D eigenvalue weighted by atomic mass is 9.93. The van der Waals surface area contributed by atoms with Crippen LogP contribution < -0.4 is 5.32 Å². The van der Waals surface area contributed by atoms with Gasteiger partial charge >= 0.3 is 0 Å². The number of anilines is 1. The number of nitro groups is 1. The van der Waals surface area contributed by atoms with Gasteiger partial charge in [-0.1, -0.05) is 6.92 Å². The highest BCUT2D eigenvalue weighted by atomic mass is 32.1. The summed E-state index contributed by atoms with van der Waals surface area (Å²) < 4.78 is 0. The third-order valence-corrected chi connectivity index (χ3v) is 4.78. The molecule has 1 aromatic heterocycles. The van der Waals surface area contributed by atoms with Crippen LogP contribution in [-0.4, -0.2) is 15.8 Å². The number of rotatable bonds is 3. The molecule has 3 rings (SSSR count). The normalized spacial score (nSPS) is 16.9. The highest BCUT2D eigenvalue weighted by molar-refractivity contribution is 7.15. The first-order chi connectivity index (χ1) is 10.5. The molecule has 1 aromatic carbocycles. The lowest BCUT2D eigenvalue weighted by Crippen LogP contribution is -2.12. The second kappa shape index (κ2) is 5.84. The Morgan fingerprint density at radius 2 is 2.14 bits per heavy atom. The fraction of sp³-hybridized carbons (Fsp3) is 0.333. The number of nitro benzene ring substituents is 1. The lowest BCUT2D eigenvalue weighted by Gasteiger charge is -2.15. The first-order valence-electron chi connectivity index (χ1n) is 7.07. The number of aryl methyl sites for hydroxylation is 1. The molecule has 0 bridgehead atoms. The fourth-order valence-electron chi connectivity index (χ4n) is 2.50. The zero-order valence-electron chi connectivity index (χ0n) is 12.0. The van der Waals surface area contributed by atoms with Crippen LogP contribution in [0.5, 0.6) is 0 Å². The maximum absolute atomic E-state index is 12.2. The molecule has 0 spiro atoms. The second-order valence-electron chi connectivity index (χ2n) is 5.49. The molecule has 0 unspecified atom stereocenters. The Bertz CT molecular complexity index is 724. The van der Waals surface area contributed by atoms with E-state index in [0.29, 0.717) is 16.6 Å². The molecule has 0 radical (unpaired) electrons. The van der Waals surface area contributed by atoms with E-state index in [0.717, 1.165) is 25.0 Å². The number of aromatic nitrogens is 1. The van der Waals surface area contributed by atoms with E-state index in [1.54, 1.807) is 0 Å². The first kappa shape index (κ1) is 14.6. The third-order valence-electron chi connectivity index (χ3n) is 3.75. The topological polar surface area (TPSA) is 85.1 Å². The number of hydrogen-bond acceptors (Lipinski definition) is 5. The van der Waals surface area contributed by atoms with Crippen LogP contribution in [0.4, 0.5) is 10.8 Å². The SMILES string of the molecule is C[C@H]1CCc2nc(NC(=O)c3ccc([N+](=O)[O-])cc3)sc2C1. The van der Waals surface area contributed by atoms with E-state index in [9.17, 15) is 14.9 Å². The molecule has 0 saturated heterocycles. The minimum absolute atomic E-state index is 0.0322. The van der Waals surface area contributed by atoms with E-state index < -0.39 is 4.92 Å². The summed E-state index contributed by atoms with van der Waals surface area (Å²) >= 11 is 1.52. The van der Waals surface area contributed by atoms with E-state index in [1.807, 2.05) is 0 Å². The van der Waals surface area contributed by atoms with Gasteiger partial charge in [-0.05, 0) is 37.3 Å². The molecule has 1 amide bonds. The van der Waals surface area contributed by atoms with E-state index in [-0.39, 0.29) is 11.6 Å². The van der Waals surface area contributed by atoms with Gasteiger partial charge in [0.05, 0.1) is 10.6 Å². The van der Waals surface area contributed by atoms with Crippen LogP contribution in [0.3, 0.4) is 0 Å². The molecule has 1 aliphatic rings. The van der Waals surface area contributed by atoms with Crippen LogP contribution in [0.15, 0.2) is 24.3 Å². The fourth-order valence-corrected chi connectivity index (χ4v) is 3.66. The molecule has 6 nitrogen and oxygen atoms in total. The largest absolute Gasteiger partial charge is 0.298 e. The van der Waals surface area contributed by atoms with Crippen molar-refractivity contribution in [3.63, 3.8) is 0 Å². The minimum Gasteiger partial charge on any atom is -0.298 e. The molecule has 1 aliphatic carbocycles. The number of carbonyl (C=O) groups is 1. The molecule has 2 aromatic rings. The quantitative estimate of drug-likeness (QED) is 0.694. The van der Waals surface area contributed by atoms with Crippen LogP contribution >= 0.6 is 11.3 Å². The van der Waals surface area contributed by atoms with Crippen molar-refractivity contribution in [3.8, 4) is 0 Å². The van der Waals surface area contributed by atoms with Gasteiger partial charge in [0, 0.05) is 22.6 Å². The average molecular weight is 317 g/mol. The van der Waals surface area contributed by atoms with Gasteiger partial charge in [-0.15, -0.1) is 11.3 Å². The highest BCUT2D eigenvalue weighted by Crippen LogP contribution is 2.32. The number of fused-ring (bicyclic) bond motifs is 1. The first-order valence-corrected chi connectivity index (χ1v) is 7.89. The summed E-state index contributed by atoms with van der Waals surface area (Å²) in [5, 5.41) is 14.0. The van der Waals surface area contributed by atoms with Crippen LogP contribution in [0.25, 0.3) is 0 Å². The van der Waals surface area contributed by atoms with Crippen molar-refractivity contribution in [1.82, 2.24) is 4.98 Å². The predicted octanol–water partition coefficient (Wildman–Crippen LogP) is 3.43. The summed E-state index contributed by atoms with van der Waals surface area (Å²) in [6.45, 7) is 2.22. The molecular weight excluding hydrogens is 302 g/mol. The number of hydrogen-bond donors (Lipinski definition) is 1. The summed E-state index contributed by atoms with van der Waals surface area (Å²) in [5.74, 6) is 0.361. The summed E-state index contributed by atoms with van der Waals surface area (Å²) in [5.41, 5.74) is 1.43. The van der Waals surface area contributed by atoms with Crippen molar-refractivity contribution in [1.29, 1.82) is 0 Å². The lowest BCUT2D eigenvalue weighted by molar-refractivity contribution is -0.384. The Morgan fingerprint density at radius 1 is 1.41 bits per heavy atom. The van der Waals surface area contributed by atoms with Gasteiger partial charge in [-0.3, -0.25) is 20.2 Å². The number of nitrogens with zero attached hydrogens (tertiary/aromatic N) is 2. The molecular formula is C15H15N3O3S.